The maximum atomic E-state index is 14.2. The van der Waals surface area contributed by atoms with E-state index in [0.717, 1.165) is 12.1 Å². The molecule has 0 radical (unpaired) electrons. The van der Waals surface area contributed by atoms with Crippen molar-refractivity contribution >= 4 is 86.9 Å². The molecule has 0 spiro atoms. The highest BCUT2D eigenvalue weighted by atomic mass is 35.5. The van der Waals surface area contributed by atoms with Gasteiger partial charge in [-0.1, -0.05) is 34.8 Å². The smallest absolute Gasteiger partial charge is 0.272 e. The molecule has 0 unspecified atom stereocenters. The molecule has 36 heavy (non-hydrogen) atoms. The summed E-state index contributed by atoms with van der Waals surface area (Å²) in [5, 5.41) is 16.5. The van der Waals surface area contributed by atoms with Gasteiger partial charge in [0, 0.05) is 27.7 Å². The number of anilines is 2. The van der Waals surface area contributed by atoms with Gasteiger partial charge in [-0.2, -0.15) is 0 Å². The predicted octanol–water partition coefficient (Wildman–Crippen LogP) is 7.47. The van der Waals surface area contributed by atoms with Crippen molar-refractivity contribution in [1.82, 2.24) is 0 Å². The Morgan fingerprint density at radius 2 is 1.61 bits per heavy atom. The predicted molar refractivity (Wildman–Crippen MR) is 138 cm³/mol. The first-order valence-electron chi connectivity index (χ1n) is 10.1. The number of nitrogens with one attached hydrogen (secondary N) is 2. The number of nitrogens with zero attached hydrogens (tertiary/aromatic N) is 1. The normalized spacial score (nSPS) is 17.8. The Bertz CT molecular complexity index is 1400. The lowest BCUT2D eigenvalue weighted by molar-refractivity contribution is -0.385. The van der Waals surface area contributed by atoms with Crippen LogP contribution in [0.25, 0.3) is 0 Å². The van der Waals surface area contributed by atoms with Crippen LogP contribution >= 0.6 is 58.0 Å². The molecule has 1 aliphatic rings. The molecule has 2 atom stereocenters. The number of nitro groups is 1. The van der Waals surface area contributed by atoms with Gasteiger partial charge in [-0.25, -0.2) is 4.39 Å². The number of halogens is 6. The molecule has 1 saturated carbocycles. The second kappa shape index (κ2) is 10.0. The first-order valence-corrected chi connectivity index (χ1v) is 12.0. The van der Waals surface area contributed by atoms with Crippen molar-refractivity contribution in [2.75, 3.05) is 10.6 Å². The number of hydrogen-bond donors (Lipinski definition) is 2. The van der Waals surface area contributed by atoms with Gasteiger partial charge in [0.2, 0.25) is 5.91 Å². The van der Waals surface area contributed by atoms with Crippen molar-refractivity contribution in [1.29, 1.82) is 0 Å². The van der Waals surface area contributed by atoms with Crippen LogP contribution in [-0.2, 0) is 4.79 Å². The van der Waals surface area contributed by atoms with Crippen LogP contribution < -0.4 is 10.6 Å². The first kappa shape index (κ1) is 26.4. The number of amides is 2. The lowest BCUT2D eigenvalue weighted by Crippen LogP contribution is -2.18. The summed E-state index contributed by atoms with van der Waals surface area (Å²) in [6, 6.07) is 11.7. The van der Waals surface area contributed by atoms with Crippen molar-refractivity contribution < 1.29 is 18.9 Å². The summed E-state index contributed by atoms with van der Waals surface area (Å²) in [7, 11) is 0. The summed E-state index contributed by atoms with van der Waals surface area (Å²) in [4.78, 5) is 35.7. The van der Waals surface area contributed by atoms with Gasteiger partial charge in [0.05, 0.1) is 33.2 Å². The Balaban J connectivity index is 1.51. The molecular weight excluding hydrogens is 579 g/mol. The van der Waals surface area contributed by atoms with E-state index in [4.69, 9.17) is 58.0 Å². The average molecular weight is 592 g/mol. The van der Waals surface area contributed by atoms with Crippen LogP contribution in [0.2, 0.25) is 15.1 Å². The molecule has 13 heteroatoms. The van der Waals surface area contributed by atoms with Gasteiger partial charge in [0.1, 0.15) is 4.33 Å². The van der Waals surface area contributed by atoms with Crippen LogP contribution in [0.15, 0.2) is 54.6 Å². The van der Waals surface area contributed by atoms with E-state index in [2.05, 4.69) is 10.6 Å². The highest BCUT2D eigenvalue weighted by molar-refractivity contribution is 6.53. The zero-order valence-electron chi connectivity index (χ0n) is 17.7. The average Bonchev–Trinajstić information content (AvgIpc) is 3.37. The monoisotopic (exact) mass is 589 g/mol. The first-order chi connectivity index (χ1) is 16.9. The lowest BCUT2D eigenvalue weighted by atomic mass is 10.1. The molecule has 3 aromatic rings. The fraction of sp³-hybridized carbons (Fsp3) is 0.130. The third-order valence-corrected chi connectivity index (χ3v) is 7.18. The Hall–Kier alpha value is -2.62. The SMILES string of the molecule is O=C(Nc1ccc([N+](=O)[O-])cc1F)c1cc(NC(=O)[C@H]2[C@H](c3cc(Cl)cc(Cl)c3)C2(Cl)Cl)ccc1Cl. The molecule has 0 aromatic heterocycles. The standard InChI is InChI=1S/C23H13Cl5FN3O4/c24-11-5-10(6-12(25)7-11)19-20(23(19,27)28)22(34)30-13-1-3-16(26)15(8-13)21(33)31-18-4-2-14(32(35)36)9-17(18)29/h1-9,19-20H,(H,30,34)(H,31,33)/t19-,20+/m0/s1. The number of nitro benzene ring substituents is 1. The topological polar surface area (TPSA) is 101 Å². The summed E-state index contributed by atoms with van der Waals surface area (Å²) >= 11 is 31.0. The van der Waals surface area contributed by atoms with E-state index in [1.165, 1.54) is 24.3 Å². The lowest BCUT2D eigenvalue weighted by Gasteiger charge is -2.11. The number of benzene rings is 3. The van der Waals surface area contributed by atoms with E-state index in [-0.39, 0.29) is 22.0 Å². The van der Waals surface area contributed by atoms with E-state index in [1.54, 1.807) is 12.1 Å². The van der Waals surface area contributed by atoms with Gasteiger partial charge < -0.3 is 10.6 Å². The van der Waals surface area contributed by atoms with Gasteiger partial charge in [0.15, 0.2) is 5.82 Å². The van der Waals surface area contributed by atoms with Crippen LogP contribution in [0.4, 0.5) is 21.5 Å². The number of rotatable bonds is 6. The second-order valence-corrected chi connectivity index (χ2v) is 10.6. The number of non-ortho nitro benzene ring substituents is 1. The van der Waals surface area contributed by atoms with E-state index in [1.807, 2.05) is 0 Å². The van der Waals surface area contributed by atoms with E-state index in [9.17, 15) is 24.1 Å². The quantitative estimate of drug-likeness (QED) is 0.176. The molecule has 0 bridgehead atoms. The largest absolute Gasteiger partial charge is 0.326 e. The second-order valence-electron chi connectivity index (χ2n) is 7.89. The third kappa shape index (κ3) is 5.38. The van der Waals surface area contributed by atoms with Crippen LogP contribution in [-0.4, -0.2) is 21.1 Å². The highest BCUT2D eigenvalue weighted by Crippen LogP contribution is 2.65. The van der Waals surface area contributed by atoms with E-state index >= 15 is 0 Å². The minimum absolute atomic E-state index is 0.0229. The van der Waals surface area contributed by atoms with E-state index < -0.39 is 44.4 Å². The summed E-state index contributed by atoms with van der Waals surface area (Å²) in [6.07, 6.45) is 0. The summed E-state index contributed by atoms with van der Waals surface area (Å²) < 4.78 is 12.8. The number of hydrogen-bond acceptors (Lipinski definition) is 4. The molecule has 0 aliphatic heterocycles. The van der Waals surface area contributed by atoms with Crippen LogP contribution in [0.5, 0.6) is 0 Å². The molecule has 0 saturated heterocycles. The molecule has 2 amide bonds. The zero-order chi connectivity index (χ0) is 26.4. The molecular formula is C23H13Cl5FN3O4. The fourth-order valence-corrected chi connectivity index (χ4v) is 5.30. The fourth-order valence-electron chi connectivity index (χ4n) is 3.73. The van der Waals surface area contributed by atoms with Gasteiger partial charge in [-0.15, -0.1) is 23.2 Å². The van der Waals surface area contributed by atoms with Crippen molar-refractivity contribution in [3.8, 4) is 0 Å². The van der Waals surface area contributed by atoms with Gasteiger partial charge >= 0.3 is 0 Å². The Morgan fingerprint density at radius 3 is 2.22 bits per heavy atom. The summed E-state index contributed by atoms with van der Waals surface area (Å²) in [5.74, 6) is -3.73. The number of carbonyl (C=O) groups is 2. The third-order valence-electron chi connectivity index (χ3n) is 5.47. The summed E-state index contributed by atoms with van der Waals surface area (Å²) in [5.41, 5.74) is -0.0340. The number of carbonyl (C=O) groups excluding carboxylic acids is 2. The van der Waals surface area contributed by atoms with Gasteiger partial charge in [-0.05, 0) is 48.0 Å². The highest BCUT2D eigenvalue weighted by Gasteiger charge is 2.67. The Kier molecular flexibility index (Phi) is 7.37. The van der Waals surface area contributed by atoms with Crippen LogP contribution in [0.1, 0.15) is 21.8 Å². The number of alkyl halides is 2. The van der Waals surface area contributed by atoms with Crippen molar-refractivity contribution in [2.45, 2.75) is 10.3 Å². The summed E-state index contributed by atoms with van der Waals surface area (Å²) in [6.45, 7) is 0. The van der Waals surface area contributed by atoms with E-state index in [0.29, 0.717) is 21.7 Å². The zero-order valence-corrected chi connectivity index (χ0v) is 21.5. The van der Waals surface area contributed by atoms with Crippen LogP contribution in [0, 0.1) is 21.8 Å². The van der Waals surface area contributed by atoms with Gasteiger partial charge in [-0.3, -0.25) is 19.7 Å². The Labute approximate surface area is 228 Å². The Morgan fingerprint density at radius 1 is 0.944 bits per heavy atom. The molecule has 2 N–H and O–H groups in total. The molecule has 1 aliphatic carbocycles. The maximum absolute atomic E-state index is 14.2. The minimum Gasteiger partial charge on any atom is -0.326 e. The van der Waals surface area contributed by atoms with Crippen molar-refractivity contribution in [3.63, 3.8) is 0 Å². The molecule has 1 fully saturated rings. The molecule has 186 valence electrons. The van der Waals surface area contributed by atoms with Crippen LogP contribution in [0.3, 0.4) is 0 Å². The molecule has 0 heterocycles. The molecule has 4 rings (SSSR count). The van der Waals surface area contributed by atoms with Gasteiger partial charge in [0.25, 0.3) is 11.6 Å². The minimum atomic E-state index is -1.40. The van der Waals surface area contributed by atoms with Crippen molar-refractivity contribution in [2.24, 2.45) is 5.92 Å². The maximum Gasteiger partial charge on any atom is 0.272 e. The molecule has 7 nitrogen and oxygen atoms in total. The van der Waals surface area contributed by atoms with Crippen molar-refractivity contribution in [3.05, 3.63) is 96.7 Å². The molecule has 3 aromatic carbocycles.